The summed E-state index contributed by atoms with van der Waals surface area (Å²) in [6.45, 7) is 0.190. The molecule has 1 aromatic rings. The van der Waals surface area contributed by atoms with Gasteiger partial charge >= 0.3 is 6.09 Å². The van der Waals surface area contributed by atoms with Crippen molar-refractivity contribution in [1.82, 2.24) is 15.3 Å². The van der Waals surface area contributed by atoms with Gasteiger partial charge in [0.2, 0.25) is 5.95 Å². The highest BCUT2D eigenvalue weighted by Gasteiger charge is 1.96. The van der Waals surface area contributed by atoms with Gasteiger partial charge in [-0.15, -0.1) is 0 Å². The summed E-state index contributed by atoms with van der Waals surface area (Å²) in [5.74, 6) is 0.175. The number of nitrogen functional groups attached to an aromatic ring is 1. The molecular weight excluding hydrogens is 160 g/mol. The van der Waals surface area contributed by atoms with Crippen LogP contribution in [0.25, 0.3) is 0 Å². The van der Waals surface area contributed by atoms with Crippen molar-refractivity contribution in [2.24, 2.45) is 0 Å². The molecule has 0 fully saturated rings. The first-order valence-electron chi connectivity index (χ1n) is 3.21. The van der Waals surface area contributed by atoms with E-state index < -0.39 is 6.09 Å². The Morgan fingerprint density at radius 2 is 2.17 bits per heavy atom. The van der Waals surface area contributed by atoms with Crippen molar-refractivity contribution < 1.29 is 9.90 Å². The van der Waals surface area contributed by atoms with Crippen molar-refractivity contribution in [2.75, 3.05) is 5.73 Å². The number of nitrogens with zero attached hydrogens (tertiary/aromatic N) is 2. The van der Waals surface area contributed by atoms with Crippen molar-refractivity contribution in [2.45, 2.75) is 6.54 Å². The normalized spacial score (nSPS) is 9.33. The Labute approximate surface area is 68.4 Å². The molecule has 1 rings (SSSR count). The van der Waals surface area contributed by atoms with Crippen LogP contribution in [0.4, 0.5) is 10.7 Å². The number of aromatic nitrogens is 2. The highest BCUT2D eigenvalue weighted by Crippen LogP contribution is 1.95. The Morgan fingerprint density at radius 3 is 2.67 bits per heavy atom. The molecule has 0 saturated carbocycles. The van der Waals surface area contributed by atoms with Gasteiger partial charge in [-0.1, -0.05) is 0 Å². The topological polar surface area (TPSA) is 101 Å². The fraction of sp³-hybridized carbons (Fsp3) is 0.167. The van der Waals surface area contributed by atoms with Gasteiger partial charge in [-0.2, -0.15) is 0 Å². The van der Waals surface area contributed by atoms with Crippen molar-refractivity contribution in [3.8, 4) is 0 Å². The molecule has 6 nitrogen and oxygen atoms in total. The number of nitrogens with two attached hydrogens (primary N) is 1. The van der Waals surface area contributed by atoms with E-state index in [4.69, 9.17) is 10.8 Å². The molecule has 1 amide bonds. The van der Waals surface area contributed by atoms with E-state index in [2.05, 4.69) is 15.3 Å². The summed E-state index contributed by atoms with van der Waals surface area (Å²) in [5, 5.41) is 10.4. The lowest BCUT2D eigenvalue weighted by Gasteiger charge is -1.99. The van der Waals surface area contributed by atoms with Crippen LogP contribution in [0.3, 0.4) is 0 Å². The second-order valence-corrected chi connectivity index (χ2v) is 2.11. The second kappa shape index (κ2) is 3.51. The summed E-state index contributed by atoms with van der Waals surface area (Å²) in [5.41, 5.74) is 5.90. The molecule has 0 saturated heterocycles. The molecule has 4 N–H and O–H groups in total. The predicted octanol–water partition coefficient (Wildman–Crippen LogP) is -0.174. The molecule has 0 radical (unpaired) electrons. The maximum atomic E-state index is 10.1. The van der Waals surface area contributed by atoms with E-state index >= 15 is 0 Å². The minimum Gasteiger partial charge on any atom is -0.465 e. The predicted molar refractivity (Wildman–Crippen MR) is 41.3 cm³/mol. The third-order valence-corrected chi connectivity index (χ3v) is 1.17. The number of anilines is 1. The fourth-order valence-electron chi connectivity index (χ4n) is 0.634. The molecule has 0 aliphatic carbocycles. The van der Waals surface area contributed by atoms with E-state index in [9.17, 15) is 4.79 Å². The number of hydrogen-bond donors (Lipinski definition) is 3. The average Bonchev–Trinajstić information content (AvgIpc) is 2.03. The third-order valence-electron chi connectivity index (χ3n) is 1.17. The van der Waals surface area contributed by atoms with E-state index in [0.717, 1.165) is 0 Å². The molecule has 1 heterocycles. The molecule has 0 aliphatic rings. The first kappa shape index (κ1) is 8.25. The van der Waals surface area contributed by atoms with Crippen LogP contribution in [0.1, 0.15) is 5.56 Å². The molecule has 64 valence electrons. The summed E-state index contributed by atoms with van der Waals surface area (Å²) >= 11 is 0. The van der Waals surface area contributed by atoms with Crippen LogP contribution in [0, 0.1) is 0 Å². The summed E-state index contributed by atoms with van der Waals surface area (Å²) in [6, 6.07) is 0. The van der Waals surface area contributed by atoms with Gasteiger partial charge in [0.25, 0.3) is 0 Å². The molecular formula is C6H8N4O2. The van der Waals surface area contributed by atoms with Crippen molar-refractivity contribution in [1.29, 1.82) is 0 Å². The fourth-order valence-corrected chi connectivity index (χ4v) is 0.634. The summed E-state index contributed by atoms with van der Waals surface area (Å²) < 4.78 is 0. The van der Waals surface area contributed by atoms with Crippen LogP contribution < -0.4 is 11.1 Å². The van der Waals surface area contributed by atoms with Gasteiger partial charge in [-0.3, -0.25) is 0 Å². The smallest absolute Gasteiger partial charge is 0.404 e. The monoisotopic (exact) mass is 168 g/mol. The van der Waals surface area contributed by atoms with E-state index in [0.29, 0.717) is 5.56 Å². The number of carboxylic acid groups (broad SMARTS) is 1. The van der Waals surface area contributed by atoms with Crippen LogP contribution in [0.15, 0.2) is 12.4 Å². The summed E-state index contributed by atoms with van der Waals surface area (Å²) in [6.07, 6.45) is 1.86. The second-order valence-electron chi connectivity index (χ2n) is 2.11. The maximum absolute atomic E-state index is 10.1. The Hall–Kier alpha value is -1.85. The van der Waals surface area contributed by atoms with Gasteiger partial charge in [0.15, 0.2) is 0 Å². The van der Waals surface area contributed by atoms with Crippen LogP contribution in [-0.2, 0) is 6.54 Å². The molecule has 0 atom stereocenters. The standard InChI is InChI=1S/C6H8N4O2/c7-5-8-1-4(2-9-5)3-10-6(11)12/h1-2,10H,3H2,(H,11,12)(H2,7,8,9). The molecule has 6 heteroatoms. The molecule has 0 unspecified atom stereocenters. The number of hydrogen-bond acceptors (Lipinski definition) is 4. The number of amides is 1. The number of nitrogens with one attached hydrogen (secondary N) is 1. The molecule has 12 heavy (non-hydrogen) atoms. The van der Waals surface area contributed by atoms with E-state index in [1.165, 1.54) is 12.4 Å². The zero-order valence-electron chi connectivity index (χ0n) is 6.19. The maximum Gasteiger partial charge on any atom is 0.404 e. The van der Waals surface area contributed by atoms with Crippen molar-refractivity contribution in [3.05, 3.63) is 18.0 Å². The van der Waals surface area contributed by atoms with Gasteiger partial charge in [0.05, 0.1) is 0 Å². The van der Waals surface area contributed by atoms with E-state index in [-0.39, 0.29) is 12.5 Å². The Bertz CT molecular complexity index is 271. The van der Waals surface area contributed by atoms with Gasteiger partial charge in [0.1, 0.15) is 0 Å². The first-order valence-corrected chi connectivity index (χ1v) is 3.21. The van der Waals surface area contributed by atoms with Crippen LogP contribution >= 0.6 is 0 Å². The number of rotatable bonds is 2. The lowest BCUT2D eigenvalue weighted by molar-refractivity contribution is 0.194. The summed E-state index contributed by atoms with van der Waals surface area (Å²) in [7, 11) is 0. The lowest BCUT2D eigenvalue weighted by atomic mass is 10.3. The van der Waals surface area contributed by atoms with E-state index in [1.807, 2.05) is 0 Å². The van der Waals surface area contributed by atoms with Crippen LogP contribution in [0.2, 0.25) is 0 Å². The van der Waals surface area contributed by atoms with Crippen LogP contribution in [-0.4, -0.2) is 21.2 Å². The first-order chi connectivity index (χ1) is 5.68. The van der Waals surface area contributed by atoms with Crippen molar-refractivity contribution >= 4 is 12.0 Å². The zero-order valence-corrected chi connectivity index (χ0v) is 6.19. The Kier molecular flexibility index (Phi) is 2.42. The highest BCUT2D eigenvalue weighted by atomic mass is 16.4. The Balaban J connectivity index is 2.53. The van der Waals surface area contributed by atoms with Gasteiger partial charge < -0.3 is 16.2 Å². The van der Waals surface area contributed by atoms with E-state index in [1.54, 1.807) is 0 Å². The third kappa shape index (κ3) is 2.41. The molecule has 0 aromatic carbocycles. The molecule has 0 aliphatic heterocycles. The zero-order chi connectivity index (χ0) is 8.97. The quantitative estimate of drug-likeness (QED) is 0.569. The molecule has 0 spiro atoms. The average molecular weight is 168 g/mol. The SMILES string of the molecule is Nc1ncc(CNC(=O)O)cn1. The molecule has 0 bridgehead atoms. The minimum atomic E-state index is -1.08. The van der Waals surface area contributed by atoms with Gasteiger partial charge in [-0.25, -0.2) is 14.8 Å². The van der Waals surface area contributed by atoms with Crippen LogP contribution in [0.5, 0.6) is 0 Å². The lowest BCUT2D eigenvalue weighted by Crippen LogP contribution is -2.20. The largest absolute Gasteiger partial charge is 0.465 e. The minimum absolute atomic E-state index is 0.175. The Morgan fingerprint density at radius 1 is 1.58 bits per heavy atom. The molecule has 1 aromatic heterocycles. The van der Waals surface area contributed by atoms with Gasteiger partial charge in [0, 0.05) is 24.5 Å². The summed E-state index contributed by atoms with van der Waals surface area (Å²) in [4.78, 5) is 17.4. The highest BCUT2D eigenvalue weighted by molar-refractivity contribution is 5.64. The van der Waals surface area contributed by atoms with Crippen molar-refractivity contribution in [3.63, 3.8) is 0 Å². The van der Waals surface area contributed by atoms with Gasteiger partial charge in [-0.05, 0) is 0 Å². The number of carbonyl (C=O) groups is 1.